The van der Waals surface area contributed by atoms with Gasteiger partial charge in [-0.1, -0.05) is 19.8 Å². The molecule has 0 saturated heterocycles. The fraction of sp³-hybridized carbons (Fsp3) is 0.500. The molecule has 1 aromatic heterocycles. The van der Waals surface area contributed by atoms with Gasteiger partial charge < -0.3 is 10.3 Å². The smallest absolute Gasteiger partial charge is 0.251 e. The molecular weight excluding hydrogens is 260 g/mol. The third kappa shape index (κ3) is 2.69. The van der Waals surface area contributed by atoms with Gasteiger partial charge in [-0.25, -0.2) is 0 Å². The fourth-order valence-electron chi connectivity index (χ4n) is 3.40. The van der Waals surface area contributed by atoms with Gasteiger partial charge >= 0.3 is 0 Å². The van der Waals surface area contributed by atoms with E-state index in [1.165, 1.54) is 36.9 Å². The van der Waals surface area contributed by atoms with Crippen LogP contribution in [0.2, 0.25) is 0 Å². The van der Waals surface area contributed by atoms with Crippen molar-refractivity contribution in [3.05, 3.63) is 35.0 Å². The van der Waals surface area contributed by atoms with Gasteiger partial charge in [-0.2, -0.15) is 0 Å². The summed E-state index contributed by atoms with van der Waals surface area (Å²) in [6, 6.07) is 5.91. The Morgan fingerprint density at radius 3 is 2.71 bits per heavy atom. The Labute approximate surface area is 126 Å². The van der Waals surface area contributed by atoms with Crippen LogP contribution in [0.5, 0.6) is 0 Å². The van der Waals surface area contributed by atoms with E-state index in [-0.39, 0.29) is 5.91 Å². The molecule has 1 aliphatic rings. The minimum atomic E-state index is 0.0447. The van der Waals surface area contributed by atoms with Gasteiger partial charge in [-0.05, 0) is 55.9 Å². The van der Waals surface area contributed by atoms with E-state index in [1.54, 1.807) is 0 Å². The lowest BCUT2D eigenvalue weighted by Gasteiger charge is -2.23. The number of fused-ring (bicyclic) bond motifs is 1. The number of carbonyl (C=O) groups excluding carboxylic acids is 1. The second-order valence-electron chi connectivity index (χ2n) is 6.84. The molecule has 3 rings (SSSR count). The summed E-state index contributed by atoms with van der Waals surface area (Å²) in [6.45, 7) is 7.23. The summed E-state index contributed by atoms with van der Waals surface area (Å²) in [6.07, 6.45) is 5.03. The first-order valence-electron chi connectivity index (χ1n) is 7.86. The van der Waals surface area contributed by atoms with E-state index in [9.17, 15) is 4.79 Å². The molecule has 3 nitrogen and oxygen atoms in total. The van der Waals surface area contributed by atoms with E-state index in [4.69, 9.17) is 0 Å². The number of hydrogen-bond acceptors (Lipinski definition) is 1. The molecule has 21 heavy (non-hydrogen) atoms. The molecule has 1 saturated carbocycles. The number of aromatic amines is 1. The van der Waals surface area contributed by atoms with Crippen LogP contribution in [0.4, 0.5) is 0 Å². The SMILES string of the molecule is Cc1[nH]c2ccc(C(=O)NCC3(C)CCCC3)cc2c1C. The molecule has 1 heterocycles. The van der Waals surface area contributed by atoms with Gasteiger partial charge in [0.25, 0.3) is 5.91 Å². The molecule has 0 unspecified atom stereocenters. The first-order valence-corrected chi connectivity index (χ1v) is 7.86. The summed E-state index contributed by atoms with van der Waals surface area (Å²) < 4.78 is 0. The number of H-pyrrole nitrogens is 1. The van der Waals surface area contributed by atoms with Gasteiger partial charge in [0.1, 0.15) is 0 Å². The minimum Gasteiger partial charge on any atom is -0.358 e. The predicted octanol–water partition coefficient (Wildman–Crippen LogP) is 4.09. The van der Waals surface area contributed by atoms with Crippen molar-refractivity contribution in [3.8, 4) is 0 Å². The zero-order valence-electron chi connectivity index (χ0n) is 13.2. The van der Waals surface area contributed by atoms with Crippen LogP contribution >= 0.6 is 0 Å². The van der Waals surface area contributed by atoms with E-state index >= 15 is 0 Å². The Bertz CT molecular complexity index is 678. The maximum atomic E-state index is 12.4. The van der Waals surface area contributed by atoms with Crippen molar-refractivity contribution in [3.63, 3.8) is 0 Å². The quantitative estimate of drug-likeness (QED) is 0.876. The maximum Gasteiger partial charge on any atom is 0.251 e. The standard InChI is InChI=1S/C18H24N2O/c1-12-13(2)20-16-7-6-14(10-15(12)16)17(21)19-11-18(3)8-4-5-9-18/h6-7,10,20H,4-5,8-9,11H2,1-3H3,(H,19,21). The summed E-state index contributed by atoms with van der Waals surface area (Å²) >= 11 is 0. The van der Waals surface area contributed by atoms with E-state index < -0.39 is 0 Å². The Balaban J connectivity index is 1.76. The normalized spacial score (nSPS) is 17.3. The Hall–Kier alpha value is -1.77. The van der Waals surface area contributed by atoms with Crippen molar-refractivity contribution < 1.29 is 4.79 Å². The number of rotatable bonds is 3. The Morgan fingerprint density at radius 1 is 1.29 bits per heavy atom. The van der Waals surface area contributed by atoms with Crippen LogP contribution in [0.3, 0.4) is 0 Å². The van der Waals surface area contributed by atoms with Gasteiger partial charge in [0, 0.05) is 28.7 Å². The Kier molecular flexibility index (Phi) is 3.52. The first-order chi connectivity index (χ1) is 9.98. The van der Waals surface area contributed by atoms with E-state index in [0.717, 1.165) is 23.0 Å². The minimum absolute atomic E-state index is 0.0447. The van der Waals surface area contributed by atoms with E-state index in [2.05, 4.69) is 31.1 Å². The molecule has 0 atom stereocenters. The highest BCUT2D eigenvalue weighted by Crippen LogP contribution is 2.36. The van der Waals surface area contributed by atoms with Gasteiger partial charge in [0.15, 0.2) is 0 Å². The summed E-state index contributed by atoms with van der Waals surface area (Å²) in [5, 5.41) is 4.27. The molecule has 0 aliphatic heterocycles. The van der Waals surface area contributed by atoms with Crippen molar-refractivity contribution in [1.29, 1.82) is 0 Å². The largest absolute Gasteiger partial charge is 0.358 e. The third-order valence-corrected chi connectivity index (χ3v) is 5.06. The van der Waals surface area contributed by atoms with Crippen molar-refractivity contribution in [2.24, 2.45) is 5.41 Å². The number of carbonyl (C=O) groups is 1. The molecule has 1 aromatic carbocycles. The van der Waals surface area contributed by atoms with Crippen LogP contribution in [0.15, 0.2) is 18.2 Å². The van der Waals surface area contributed by atoms with Crippen LogP contribution in [0, 0.1) is 19.3 Å². The Morgan fingerprint density at radius 2 is 2.00 bits per heavy atom. The third-order valence-electron chi connectivity index (χ3n) is 5.06. The lowest BCUT2D eigenvalue weighted by Crippen LogP contribution is -2.34. The van der Waals surface area contributed by atoms with Crippen LogP contribution in [-0.2, 0) is 0 Å². The summed E-state index contributed by atoms with van der Waals surface area (Å²) in [7, 11) is 0. The highest BCUT2D eigenvalue weighted by Gasteiger charge is 2.28. The molecule has 1 aliphatic carbocycles. The number of nitrogens with one attached hydrogen (secondary N) is 2. The van der Waals surface area contributed by atoms with Gasteiger partial charge in [0.05, 0.1) is 0 Å². The van der Waals surface area contributed by atoms with Crippen molar-refractivity contribution in [1.82, 2.24) is 10.3 Å². The highest BCUT2D eigenvalue weighted by molar-refractivity contribution is 5.99. The predicted molar refractivity (Wildman–Crippen MR) is 86.7 cm³/mol. The van der Waals surface area contributed by atoms with Crippen LogP contribution in [-0.4, -0.2) is 17.4 Å². The molecule has 2 aromatic rings. The van der Waals surface area contributed by atoms with Crippen LogP contribution in [0.25, 0.3) is 10.9 Å². The number of benzene rings is 1. The monoisotopic (exact) mass is 284 g/mol. The molecule has 0 radical (unpaired) electrons. The lowest BCUT2D eigenvalue weighted by molar-refractivity contribution is 0.0934. The molecular formula is C18H24N2O. The molecule has 112 valence electrons. The molecule has 3 heteroatoms. The lowest BCUT2D eigenvalue weighted by atomic mass is 9.89. The van der Waals surface area contributed by atoms with Crippen molar-refractivity contribution in [2.75, 3.05) is 6.54 Å². The van der Waals surface area contributed by atoms with E-state index in [0.29, 0.717) is 5.41 Å². The average molecular weight is 284 g/mol. The number of aromatic nitrogens is 1. The molecule has 0 bridgehead atoms. The summed E-state index contributed by atoms with van der Waals surface area (Å²) in [4.78, 5) is 15.7. The first kappa shape index (κ1) is 14.2. The maximum absolute atomic E-state index is 12.4. The summed E-state index contributed by atoms with van der Waals surface area (Å²) in [5.74, 6) is 0.0447. The average Bonchev–Trinajstić information content (AvgIpc) is 3.02. The van der Waals surface area contributed by atoms with Gasteiger partial charge in [0.2, 0.25) is 0 Å². The highest BCUT2D eigenvalue weighted by atomic mass is 16.1. The molecule has 0 spiro atoms. The van der Waals surface area contributed by atoms with E-state index in [1.807, 2.05) is 18.2 Å². The van der Waals surface area contributed by atoms with Crippen LogP contribution in [0.1, 0.15) is 54.2 Å². The van der Waals surface area contributed by atoms with Crippen molar-refractivity contribution >= 4 is 16.8 Å². The molecule has 1 fully saturated rings. The topological polar surface area (TPSA) is 44.9 Å². The second-order valence-corrected chi connectivity index (χ2v) is 6.84. The van der Waals surface area contributed by atoms with Crippen molar-refractivity contribution in [2.45, 2.75) is 46.5 Å². The second kappa shape index (κ2) is 5.21. The number of aryl methyl sites for hydroxylation is 2. The van der Waals surface area contributed by atoms with Crippen LogP contribution < -0.4 is 5.32 Å². The van der Waals surface area contributed by atoms with Gasteiger partial charge in [-0.15, -0.1) is 0 Å². The number of amides is 1. The summed E-state index contributed by atoms with van der Waals surface area (Å²) in [5.41, 5.74) is 4.54. The molecule has 1 amide bonds. The fourth-order valence-corrected chi connectivity index (χ4v) is 3.40. The van der Waals surface area contributed by atoms with Gasteiger partial charge in [-0.3, -0.25) is 4.79 Å². The number of hydrogen-bond donors (Lipinski definition) is 2. The molecule has 2 N–H and O–H groups in total. The zero-order chi connectivity index (χ0) is 15.0. The zero-order valence-corrected chi connectivity index (χ0v) is 13.2.